The number of ether oxygens (including phenoxy) is 1. The van der Waals surface area contributed by atoms with Crippen LogP contribution in [0.25, 0.3) is 0 Å². The molecular weight excluding hydrogens is 456 g/mol. The fourth-order valence-electron chi connectivity index (χ4n) is 3.99. The van der Waals surface area contributed by atoms with Crippen LogP contribution in [0.1, 0.15) is 107 Å². The van der Waals surface area contributed by atoms with E-state index >= 15 is 0 Å². The van der Waals surface area contributed by atoms with Gasteiger partial charge in [0.25, 0.3) is 0 Å². The van der Waals surface area contributed by atoms with Gasteiger partial charge in [-0.25, -0.2) is 0 Å². The maximum absolute atomic E-state index is 5.16. The van der Waals surface area contributed by atoms with Crippen molar-refractivity contribution in [3.05, 3.63) is 0 Å². The van der Waals surface area contributed by atoms with E-state index in [1.807, 2.05) is 13.8 Å². The molecule has 3 heterocycles. The largest absolute Gasteiger partial charge is 0.379 e. The van der Waals surface area contributed by atoms with Crippen LogP contribution in [0.5, 0.6) is 0 Å². The van der Waals surface area contributed by atoms with Gasteiger partial charge < -0.3 is 19.4 Å². The SMILES string of the molecule is CC.CC(C)CCN1CCCCC1.CCC(C)C.CCCCN1CCN(C)CC1.CCN1CCOCC1. The molecule has 3 saturated heterocycles. The molecular formula is C32H72N4O. The zero-order chi connectivity index (χ0) is 28.3. The van der Waals surface area contributed by atoms with E-state index in [0.717, 1.165) is 38.1 Å². The van der Waals surface area contributed by atoms with Crippen LogP contribution in [-0.4, -0.2) is 112 Å². The van der Waals surface area contributed by atoms with Gasteiger partial charge in [0, 0.05) is 39.3 Å². The monoisotopic (exact) mass is 529 g/mol. The lowest BCUT2D eigenvalue weighted by Gasteiger charge is -2.32. The van der Waals surface area contributed by atoms with Crippen molar-refractivity contribution in [3.63, 3.8) is 0 Å². The molecule has 226 valence electrons. The highest BCUT2D eigenvalue weighted by Crippen LogP contribution is 2.10. The van der Waals surface area contributed by atoms with Crippen LogP contribution >= 0.6 is 0 Å². The van der Waals surface area contributed by atoms with Crippen molar-refractivity contribution in [2.45, 2.75) is 107 Å². The molecule has 0 unspecified atom stereocenters. The average Bonchev–Trinajstić information content (AvgIpc) is 2.94. The highest BCUT2D eigenvalue weighted by atomic mass is 16.5. The van der Waals surface area contributed by atoms with Gasteiger partial charge in [-0.1, -0.05) is 81.6 Å². The van der Waals surface area contributed by atoms with Crippen molar-refractivity contribution >= 4 is 0 Å². The summed E-state index contributed by atoms with van der Waals surface area (Å²) in [4.78, 5) is 9.99. The maximum Gasteiger partial charge on any atom is 0.0594 e. The minimum absolute atomic E-state index is 0.872. The Bertz CT molecular complexity index is 410. The van der Waals surface area contributed by atoms with Gasteiger partial charge in [-0.05, 0) is 77.3 Å². The molecule has 0 aromatic rings. The molecule has 3 rings (SSSR count). The molecule has 5 nitrogen and oxygen atoms in total. The quantitative estimate of drug-likeness (QED) is 0.338. The molecule has 0 saturated carbocycles. The van der Waals surface area contributed by atoms with E-state index in [1.54, 1.807) is 0 Å². The Hall–Kier alpha value is -0.200. The lowest BCUT2D eigenvalue weighted by Crippen LogP contribution is -2.44. The Balaban J connectivity index is 0. The Kier molecular flexibility index (Phi) is 30.3. The number of likely N-dealkylation sites (tertiary alicyclic amines) is 1. The number of piperidine rings is 1. The van der Waals surface area contributed by atoms with Gasteiger partial charge in [0.05, 0.1) is 13.2 Å². The number of piperazine rings is 1. The smallest absolute Gasteiger partial charge is 0.0594 e. The van der Waals surface area contributed by atoms with E-state index in [2.05, 4.69) is 75.1 Å². The summed E-state index contributed by atoms with van der Waals surface area (Å²) in [7, 11) is 2.21. The third-order valence-electron chi connectivity index (χ3n) is 7.26. The van der Waals surface area contributed by atoms with Crippen molar-refractivity contribution in [2.75, 3.05) is 92.3 Å². The van der Waals surface area contributed by atoms with E-state index in [9.17, 15) is 0 Å². The molecule has 0 radical (unpaired) electrons. The van der Waals surface area contributed by atoms with Gasteiger partial charge in [0.15, 0.2) is 0 Å². The summed E-state index contributed by atoms with van der Waals surface area (Å²) in [6, 6.07) is 0. The number of likely N-dealkylation sites (N-methyl/N-ethyl adjacent to an activating group) is 2. The number of hydrogen-bond donors (Lipinski definition) is 0. The molecule has 0 spiro atoms. The van der Waals surface area contributed by atoms with E-state index in [1.165, 1.54) is 104 Å². The van der Waals surface area contributed by atoms with Crippen LogP contribution in [-0.2, 0) is 4.74 Å². The van der Waals surface area contributed by atoms with Gasteiger partial charge >= 0.3 is 0 Å². The van der Waals surface area contributed by atoms with E-state index in [-0.39, 0.29) is 0 Å². The van der Waals surface area contributed by atoms with Crippen molar-refractivity contribution in [2.24, 2.45) is 11.8 Å². The van der Waals surface area contributed by atoms with Crippen LogP contribution in [0.2, 0.25) is 0 Å². The molecule has 0 amide bonds. The van der Waals surface area contributed by atoms with Crippen LogP contribution in [0.15, 0.2) is 0 Å². The van der Waals surface area contributed by atoms with Crippen molar-refractivity contribution in [1.29, 1.82) is 0 Å². The van der Waals surface area contributed by atoms with Crippen LogP contribution < -0.4 is 0 Å². The zero-order valence-corrected chi connectivity index (χ0v) is 27.5. The Morgan fingerprint density at radius 3 is 1.54 bits per heavy atom. The molecule has 0 aromatic carbocycles. The Morgan fingerprint density at radius 1 is 0.622 bits per heavy atom. The van der Waals surface area contributed by atoms with Crippen LogP contribution in [0.4, 0.5) is 0 Å². The first-order valence-electron chi connectivity index (χ1n) is 16.3. The fourth-order valence-corrected chi connectivity index (χ4v) is 3.99. The average molecular weight is 529 g/mol. The Labute approximate surface area is 235 Å². The molecule has 0 aliphatic carbocycles. The zero-order valence-electron chi connectivity index (χ0n) is 27.5. The number of morpholine rings is 1. The summed E-state index contributed by atoms with van der Waals surface area (Å²) in [5, 5.41) is 0. The molecule has 0 atom stereocenters. The first-order chi connectivity index (χ1) is 17.8. The lowest BCUT2D eigenvalue weighted by atomic mass is 10.1. The Morgan fingerprint density at radius 2 is 1.14 bits per heavy atom. The summed E-state index contributed by atoms with van der Waals surface area (Å²) >= 11 is 0. The molecule has 3 fully saturated rings. The number of nitrogens with zero attached hydrogens (tertiary/aromatic N) is 4. The van der Waals surface area contributed by atoms with Gasteiger partial charge in [0.1, 0.15) is 0 Å². The summed E-state index contributed by atoms with van der Waals surface area (Å²) in [5.41, 5.74) is 0. The number of unbranched alkanes of at least 4 members (excludes halogenated alkanes) is 1. The van der Waals surface area contributed by atoms with Crippen LogP contribution in [0.3, 0.4) is 0 Å². The minimum Gasteiger partial charge on any atom is -0.379 e. The predicted molar refractivity (Wildman–Crippen MR) is 168 cm³/mol. The standard InChI is InChI=1S/C10H21N.C9H20N2.C6H13NO.C5H12.C2H6/c1-10(2)6-9-11-7-4-3-5-8-11;1-3-4-5-11-8-6-10(2)7-9-11;1-2-7-3-5-8-6-4-7;1-4-5(2)3;1-2/h10H,3-9H2,1-2H3;3-9H2,1-2H3;2-6H2,1H3;5H,4H2,1-3H3;1-2H3. The highest BCUT2D eigenvalue weighted by molar-refractivity contribution is 4.68. The third kappa shape index (κ3) is 27.2. The third-order valence-corrected chi connectivity index (χ3v) is 7.26. The van der Waals surface area contributed by atoms with E-state index in [0.29, 0.717) is 0 Å². The molecule has 5 heteroatoms. The summed E-state index contributed by atoms with van der Waals surface area (Å²) in [6.45, 7) is 35.4. The minimum atomic E-state index is 0.872. The normalized spacial score (nSPS) is 19.5. The summed E-state index contributed by atoms with van der Waals surface area (Å²) in [6.07, 6.45) is 9.68. The second kappa shape index (κ2) is 28.8. The predicted octanol–water partition coefficient (Wildman–Crippen LogP) is 6.97. The topological polar surface area (TPSA) is 22.2 Å². The second-order valence-corrected chi connectivity index (χ2v) is 11.4. The maximum atomic E-state index is 5.16. The molecule has 3 aliphatic rings. The summed E-state index contributed by atoms with van der Waals surface area (Å²) < 4.78 is 5.16. The highest BCUT2D eigenvalue weighted by Gasteiger charge is 2.12. The van der Waals surface area contributed by atoms with Crippen molar-refractivity contribution < 1.29 is 4.74 Å². The molecule has 0 bridgehead atoms. The van der Waals surface area contributed by atoms with Crippen LogP contribution in [0, 0.1) is 11.8 Å². The van der Waals surface area contributed by atoms with Gasteiger partial charge in [-0.15, -0.1) is 0 Å². The first-order valence-corrected chi connectivity index (χ1v) is 16.3. The molecule has 0 aromatic heterocycles. The molecule has 37 heavy (non-hydrogen) atoms. The number of rotatable bonds is 8. The lowest BCUT2D eigenvalue weighted by molar-refractivity contribution is 0.0405. The van der Waals surface area contributed by atoms with E-state index in [4.69, 9.17) is 4.74 Å². The molecule has 3 aliphatic heterocycles. The van der Waals surface area contributed by atoms with Gasteiger partial charge in [-0.3, -0.25) is 4.90 Å². The van der Waals surface area contributed by atoms with E-state index < -0.39 is 0 Å². The first kappa shape index (κ1) is 38.9. The number of hydrogen-bond acceptors (Lipinski definition) is 5. The van der Waals surface area contributed by atoms with Gasteiger partial charge in [0.2, 0.25) is 0 Å². The van der Waals surface area contributed by atoms with Crippen molar-refractivity contribution in [1.82, 2.24) is 19.6 Å². The van der Waals surface area contributed by atoms with Crippen molar-refractivity contribution in [3.8, 4) is 0 Å². The summed E-state index contributed by atoms with van der Waals surface area (Å²) in [5.74, 6) is 1.76. The molecule has 0 N–H and O–H groups in total. The fraction of sp³-hybridized carbons (Fsp3) is 1.00. The van der Waals surface area contributed by atoms with Gasteiger partial charge in [-0.2, -0.15) is 0 Å². The second-order valence-electron chi connectivity index (χ2n) is 11.4.